The molecule has 0 bridgehead atoms. The first-order chi connectivity index (χ1) is 13.1. The molecule has 7 heteroatoms. The van der Waals surface area contributed by atoms with Crippen LogP contribution in [0.4, 0.5) is 0 Å². The SMILES string of the molecule is CCCCCCC1(CCCCCCCCCCC(=O)OC)NNC(=S)NN1. The van der Waals surface area contributed by atoms with Crippen LogP contribution in [0.15, 0.2) is 0 Å². The highest BCUT2D eigenvalue weighted by Crippen LogP contribution is 2.21. The minimum absolute atomic E-state index is 0.0895. The van der Waals surface area contributed by atoms with E-state index >= 15 is 0 Å². The van der Waals surface area contributed by atoms with Crippen molar-refractivity contribution in [2.45, 2.75) is 109 Å². The maximum Gasteiger partial charge on any atom is 0.305 e. The number of methoxy groups -OCH3 is 1. The van der Waals surface area contributed by atoms with Crippen molar-refractivity contribution in [3.63, 3.8) is 0 Å². The number of thiocarbonyl (C=S) groups is 1. The second-order valence-corrected chi connectivity index (χ2v) is 8.03. The van der Waals surface area contributed by atoms with Crippen LogP contribution in [-0.4, -0.2) is 23.9 Å². The molecule has 4 N–H and O–H groups in total. The molecule has 0 aromatic heterocycles. The number of unbranched alkanes of at least 4 members (excludes halogenated alkanes) is 10. The van der Waals surface area contributed by atoms with Crippen LogP contribution in [0.5, 0.6) is 0 Å². The van der Waals surface area contributed by atoms with Crippen molar-refractivity contribution in [1.82, 2.24) is 21.7 Å². The van der Waals surface area contributed by atoms with Gasteiger partial charge in [-0.2, -0.15) is 0 Å². The third-order valence-corrected chi connectivity index (χ3v) is 5.45. The van der Waals surface area contributed by atoms with Gasteiger partial charge in [0.2, 0.25) is 0 Å². The van der Waals surface area contributed by atoms with Crippen LogP contribution in [0.25, 0.3) is 0 Å². The molecular formula is C20H40N4O2S. The van der Waals surface area contributed by atoms with Gasteiger partial charge < -0.3 is 4.74 Å². The minimum Gasteiger partial charge on any atom is -0.469 e. The summed E-state index contributed by atoms with van der Waals surface area (Å²) < 4.78 is 4.66. The number of ether oxygens (including phenoxy) is 1. The lowest BCUT2D eigenvalue weighted by atomic mass is 9.95. The summed E-state index contributed by atoms with van der Waals surface area (Å²) in [5.74, 6) is -0.0895. The summed E-state index contributed by atoms with van der Waals surface area (Å²) in [5.41, 5.74) is 12.8. The smallest absolute Gasteiger partial charge is 0.305 e. The van der Waals surface area contributed by atoms with Gasteiger partial charge in [-0.25, -0.2) is 10.9 Å². The van der Waals surface area contributed by atoms with E-state index in [9.17, 15) is 4.79 Å². The number of carbonyl (C=O) groups is 1. The van der Waals surface area contributed by atoms with E-state index in [1.165, 1.54) is 71.3 Å². The van der Waals surface area contributed by atoms with Crippen molar-refractivity contribution < 1.29 is 9.53 Å². The molecule has 0 amide bonds. The fraction of sp³-hybridized carbons (Fsp3) is 0.900. The van der Waals surface area contributed by atoms with E-state index in [1.54, 1.807) is 0 Å². The summed E-state index contributed by atoms with van der Waals surface area (Å²) in [6, 6.07) is 0. The van der Waals surface area contributed by atoms with E-state index in [2.05, 4.69) is 33.4 Å². The Balaban J connectivity index is 2.09. The average molecular weight is 401 g/mol. The zero-order valence-electron chi connectivity index (χ0n) is 17.3. The van der Waals surface area contributed by atoms with E-state index < -0.39 is 0 Å². The third kappa shape index (κ3) is 11.5. The van der Waals surface area contributed by atoms with Gasteiger partial charge in [-0.3, -0.25) is 15.6 Å². The fourth-order valence-corrected chi connectivity index (χ4v) is 3.60. The normalized spacial score (nSPS) is 15.9. The predicted octanol–water partition coefficient (Wildman–Crippen LogP) is 4.21. The first-order valence-electron chi connectivity index (χ1n) is 10.8. The molecule has 1 heterocycles. The summed E-state index contributed by atoms with van der Waals surface area (Å²) in [6.07, 6.45) is 17.4. The molecule has 158 valence electrons. The number of hydrogen-bond donors (Lipinski definition) is 4. The molecule has 1 fully saturated rings. The van der Waals surface area contributed by atoms with Crippen molar-refractivity contribution in [1.29, 1.82) is 0 Å². The monoisotopic (exact) mass is 400 g/mol. The Hall–Kier alpha value is -0.920. The van der Waals surface area contributed by atoms with Gasteiger partial charge in [-0.1, -0.05) is 77.6 Å². The maximum absolute atomic E-state index is 11.0. The highest BCUT2D eigenvalue weighted by molar-refractivity contribution is 7.80. The molecule has 0 saturated carbocycles. The molecular weight excluding hydrogens is 360 g/mol. The maximum atomic E-state index is 11.0. The number of hydrazine groups is 2. The lowest BCUT2D eigenvalue weighted by Crippen LogP contribution is -2.73. The molecule has 0 aromatic carbocycles. The second-order valence-electron chi connectivity index (χ2n) is 7.63. The van der Waals surface area contributed by atoms with Crippen molar-refractivity contribution in [3.05, 3.63) is 0 Å². The quantitative estimate of drug-likeness (QED) is 0.176. The number of rotatable bonds is 16. The molecule has 1 aliphatic rings. The zero-order chi connectivity index (χ0) is 19.8. The zero-order valence-corrected chi connectivity index (χ0v) is 18.1. The van der Waals surface area contributed by atoms with Gasteiger partial charge >= 0.3 is 5.97 Å². The van der Waals surface area contributed by atoms with Crippen LogP contribution in [-0.2, 0) is 9.53 Å². The summed E-state index contributed by atoms with van der Waals surface area (Å²) in [4.78, 5) is 11.0. The summed E-state index contributed by atoms with van der Waals surface area (Å²) >= 11 is 5.12. The summed E-state index contributed by atoms with van der Waals surface area (Å²) in [6.45, 7) is 2.24. The molecule has 1 rings (SSSR count). The number of carbonyl (C=O) groups excluding carboxylic acids is 1. The standard InChI is InChI=1S/C20H40N4O2S/c1-3-4-5-13-16-20(23-21-19(27)22-24-20)17-14-11-9-7-6-8-10-12-15-18(25)26-2/h23-24H,3-17H2,1-2H3,(H2,21,22,27). The van der Waals surface area contributed by atoms with Crippen molar-refractivity contribution in [2.24, 2.45) is 0 Å². The van der Waals surface area contributed by atoms with Gasteiger partial charge in [-0.05, 0) is 31.5 Å². The molecule has 0 aliphatic carbocycles. The molecule has 6 nitrogen and oxygen atoms in total. The van der Waals surface area contributed by atoms with Crippen LogP contribution in [0, 0.1) is 0 Å². The Labute approximate surface area is 170 Å². The largest absolute Gasteiger partial charge is 0.469 e. The van der Waals surface area contributed by atoms with Crippen molar-refractivity contribution in [2.75, 3.05) is 7.11 Å². The van der Waals surface area contributed by atoms with E-state index in [-0.39, 0.29) is 11.6 Å². The van der Waals surface area contributed by atoms with Crippen LogP contribution >= 0.6 is 12.2 Å². The highest BCUT2D eigenvalue weighted by Gasteiger charge is 2.31. The molecule has 0 atom stereocenters. The minimum atomic E-state index is -0.107. The highest BCUT2D eigenvalue weighted by atomic mass is 32.1. The van der Waals surface area contributed by atoms with Crippen LogP contribution in [0.2, 0.25) is 0 Å². The second kappa shape index (κ2) is 15.1. The van der Waals surface area contributed by atoms with E-state index in [0.717, 1.165) is 25.7 Å². The van der Waals surface area contributed by atoms with Crippen LogP contribution in [0.1, 0.15) is 103 Å². The van der Waals surface area contributed by atoms with Crippen molar-refractivity contribution in [3.8, 4) is 0 Å². The summed E-state index contributed by atoms with van der Waals surface area (Å²) in [5, 5.41) is 0.603. The van der Waals surface area contributed by atoms with Gasteiger partial charge in [0, 0.05) is 6.42 Å². The fourth-order valence-electron chi connectivity index (χ4n) is 3.50. The van der Waals surface area contributed by atoms with Gasteiger partial charge in [0.1, 0.15) is 5.66 Å². The van der Waals surface area contributed by atoms with Gasteiger partial charge in [0.05, 0.1) is 7.11 Å². The number of hydrogen-bond acceptors (Lipinski definition) is 5. The van der Waals surface area contributed by atoms with Crippen LogP contribution < -0.4 is 21.7 Å². The Kier molecular flexibility index (Phi) is 13.4. The van der Waals surface area contributed by atoms with E-state index in [4.69, 9.17) is 12.2 Å². The summed E-state index contributed by atoms with van der Waals surface area (Å²) in [7, 11) is 1.45. The average Bonchev–Trinajstić information content (AvgIpc) is 2.68. The predicted molar refractivity (Wildman–Crippen MR) is 115 cm³/mol. The lowest BCUT2D eigenvalue weighted by molar-refractivity contribution is -0.140. The topological polar surface area (TPSA) is 74.4 Å². The Bertz CT molecular complexity index is 411. The first-order valence-corrected chi connectivity index (χ1v) is 11.2. The van der Waals surface area contributed by atoms with Crippen LogP contribution in [0.3, 0.4) is 0 Å². The van der Waals surface area contributed by atoms with Crippen molar-refractivity contribution >= 4 is 23.3 Å². The molecule has 0 spiro atoms. The Morgan fingerprint density at radius 3 is 1.85 bits per heavy atom. The van der Waals surface area contributed by atoms with E-state index in [0.29, 0.717) is 11.5 Å². The Morgan fingerprint density at radius 1 is 0.852 bits per heavy atom. The molecule has 1 saturated heterocycles. The molecule has 1 aliphatic heterocycles. The molecule has 0 aromatic rings. The van der Waals surface area contributed by atoms with Gasteiger partial charge in [-0.15, -0.1) is 0 Å². The van der Waals surface area contributed by atoms with E-state index in [1.807, 2.05) is 0 Å². The lowest BCUT2D eigenvalue weighted by Gasteiger charge is -2.41. The number of nitrogens with one attached hydrogen (secondary N) is 4. The molecule has 0 radical (unpaired) electrons. The molecule has 0 unspecified atom stereocenters. The van der Waals surface area contributed by atoms with Gasteiger partial charge in [0.15, 0.2) is 5.11 Å². The van der Waals surface area contributed by atoms with Gasteiger partial charge in [0.25, 0.3) is 0 Å². The Morgan fingerprint density at radius 2 is 1.33 bits per heavy atom. The number of esters is 1. The first kappa shape index (κ1) is 24.1. The third-order valence-electron chi connectivity index (χ3n) is 5.25. The molecule has 27 heavy (non-hydrogen) atoms.